The summed E-state index contributed by atoms with van der Waals surface area (Å²) in [5, 5.41) is 2.79. The highest BCUT2D eigenvalue weighted by Gasteiger charge is 2.39. The van der Waals surface area contributed by atoms with Crippen molar-refractivity contribution in [3.63, 3.8) is 0 Å². The first-order valence-corrected chi connectivity index (χ1v) is 7.88. The number of benzene rings is 1. The molecule has 2 rings (SSSR count). The molecule has 2 amide bonds. The van der Waals surface area contributed by atoms with Gasteiger partial charge in [-0.25, -0.2) is 0 Å². The molecule has 1 aliphatic carbocycles. The Morgan fingerprint density at radius 1 is 1.27 bits per heavy atom. The average Bonchev–Trinajstić information content (AvgIpc) is 2.54. The molecule has 5 heteroatoms. The van der Waals surface area contributed by atoms with Crippen LogP contribution in [0.4, 0.5) is 0 Å². The Morgan fingerprint density at radius 2 is 2.00 bits per heavy atom. The van der Waals surface area contributed by atoms with Gasteiger partial charge in [0.1, 0.15) is 11.3 Å². The summed E-state index contributed by atoms with van der Waals surface area (Å²) < 4.78 is 5.51. The van der Waals surface area contributed by atoms with Crippen molar-refractivity contribution in [2.75, 3.05) is 6.61 Å². The molecule has 3 N–H and O–H groups in total. The maximum atomic E-state index is 12.1. The molecule has 0 aromatic heterocycles. The summed E-state index contributed by atoms with van der Waals surface area (Å²) in [4.78, 5) is 23.8. The summed E-state index contributed by atoms with van der Waals surface area (Å²) in [6.07, 6.45) is 5.02. The molecule has 1 fully saturated rings. The molecule has 0 unspecified atom stereocenters. The van der Waals surface area contributed by atoms with Gasteiger partial charge in [0, 0.05) is 0 Å². The predicted octanol–water partition coefficient (Wildman–Crippen LogP) is 1.93. The number of amides is 2. The second-order valence-electron chi connectivity index (χ2n) is 5.84. The van der Waals surface area contributed by atoms with Crippen molar-refractivity contribution < 1.29 is 14.3 Å². The van der Waals surface area contributed by atoms with Crippen LogP contribution in [-0.4, -0.2) is 24.0 Å². The van der Waals surface area contributed by atoms with Gasteiger partial charge in [-0.2, -0.15) is 0 Å². The van der Waals surface area contributed by atoms with E-state index in [2.05, 4.69) is 12.2 Å². The number of hydrogen-bond acceptors (Lipinski definition) is 3. The highest BCUT2D eigenvalue weighted by Crippen LogP contribution is 2.28. The van der Waals surface area contributed by atoms with E-state index in [-0.39, 0.29) is 12.5 Å². The molecule has 0 bridgehead atoms. The lowest BCUT2D eigenvalue weighted by atomic mass is 9.81. The molecular weight excluding hydrogens is 280 g/mol. The van der Waals surface area contributed by atoms with Crippen molar-refractivity contribution in [2.45, 2.75) is 51.0 Å². The van der Waals surface area contributed by atoms with E-state index >= 15 is 0 Å². The second-order valence-corrected chi connectivity index (χ2v) is 5.84. The predicted molar refractivity (Wildman–Crippen MR) is 84.5 cm³/mol. The monoisotopic (exact) mass is 304 g/mol. The first-order valence-electron chi connectivity index (χ1n) is 7.88. The maximum absolute atomic E-state index is 12.1. The highest BCUT2D eigenvalue weighted by molar-refractivity contribution is 5.90. The Labute approximate surface area is 131 Å². The standard InChI is InChI=1S/C17H24N2O3/c1-2-13-7-6-8-14(11-13)22-12-15(20)19-17(16(18)21)9-4-3-5-10-17/h6-8,11H,2-5,9-10,12H2,1H3,(H2,18,21)(H,19,20). The quantitative estimate of drug-likeness (QED) is 0.842. The largest absolute Gasteiger partial charge is 0.484 e. The minimum atomic E-state index is -0.899. The molecule has 22 heavy (non-hydrogen) atoms. The van der Waals surface area contributed by atoms with Gasteiger partial charge in [-0.1, -0.05) is 38.3 Å². The van der Waals surface area contributed by atoms with E-state index in [0.29, 0.717) is 18.6 Å². The molecule has 0 heterocycles. The number of nitrogens with one attached hydrogen (secondary N) is 1. The average molecular weight is 304 g/mol. The number of carbonyl (C=O) groups excluding carboxylic acids is 2. The molecule has 0 spiro atoms. The summed E-state index contributed by atoms with van der Waals surface area (Å²) in [6.45, 7) is 1.95. The fraction of sp³-hybridized carbons (Fsp3) is 0.529. The molecule has 0 saturated heterocycles. The van der Waals surface area contributed by atoms with Crippen LogP contribution < -0.4 is 15.8 Å². The van der Waals surface area contributed by atoms with Crippen LogP contribution in [0.15, 0.2) is 24.3 Å². The number of nitrogens with two attached hydrogens (primary N) is 1. The topological polar surface area (TPSA) is 81.4 Å². The molecule has 0 atom stereocenters. The molecule has 120 valence electrons. The zero-order valence-corrected chi connectivity index (χ0v) is 13.1. The fourth-order valence-electron chi connectivity index (χ4n) is 2.90. The van der Waals surface area contributed by atoms with Crippen LogP contribution >= 0.6 is 0 Å². The number of primary amides is 1. The van der Waals surface area contributed by atoms with Crippen molar-refractivity contribution in [3.05, 3.63) is 29.8 Å². The third kappa shape index (κ3) is 4.00. The van der Waals surface area contributed by atoms with E-state index in [0.717, 1.165) is 31.2 Å². The van der Waals surface area contributed by atoms with Gasteiger partial charge in [0.05, 0.1) is 0 Å². The number of hydrogen-bond donors (Lipinski definition) is 2. The van der Waals surface area contributed by atoms with E-state index in [1.807, 2.05) is 24.3 Å². The SMILES string of the molecule is CCc1cccc(OCC(=O)NC2(C(N)=O)CCCCC2)c1. The molecular formula is C17H24N2O3. The summed E-state index contributed by atoms with van der Waals surface area (Å²) >= 11 is 0. The smallest absolute Gasteiger partial charge is 0.258 e. The summed E-state index contributed by atoms with van der Waals surface area (Å²) in [7, 11) is 0. The van der Waals surface area contributed by atoms with Crippen LogP contribution in [0.5, 0.6) is 5.75 Å². The fourth-order valence-corrected chi connectivity index (χ4v) is 2.90. The van der Waals surface area contributed by atoms with E-state index in [1.54, 1.807) is 0 Å². The van der Waals surface area contributed by atoms with E-state index in [4.69, 9.17) is 10.5 Å². The minimum absolute atomic E-state index is 0.109. The molecule has 5 nitrogen and oxygen atoms in total. The zero-order chi connectivity index (χ0) is 16.0. The zero-order valence-electron chi connectivity index (χ0n) is 13.1. The van der Waals surface area contributed by atoms with Gasteiger partial charge < -0.3 is 15.8 Å². The Morgan fingerprint density at radius 3 is 2.64 bits per heavy atom. The summed E-state index contributed by atoms with van der Waals surface area (Å²) in [5.41, 5.74) is 5.75. The summed E-state index contributed by atoms with van der Waals surface area (Å²) in [5.74, 6) is -0.0950. The number of rotatable bonds is 6. The third-order valence-electron chi connectivity index (χ3n) is 4.23. The second kappa shape index (κ2) is 7.29. The first-order chi connectivity index (χ1) is 10.6. The molecule has 1 saturated carbocycles. The van der Waals surface area contributed by atoms with E-state index < -0.39 is 11.4 Å². The maximum Gasteiger partial charge on any atom is 0.258 e. The van der Waals surface area contributed by atoms with E-state index in [9.17, 15) is 9.59 Å². The van der Waals surface area contributed by atoms with Crippen molar-refractivity contribution in [2.24, 2.45) is 5.73 Å². The van der Waals surface area contributed by atoms with Crippen molar-refractivity contribution in [1.29, 1.82) is 0 Å². The van der Waals surface area contributed by atoms with Gasteiger partial charge in [0.2, 0.25) is 5.91 Å². The van der Waals surface area contributed by atoms with Gasteiger partial charge in [0.15, 0.2) is 6.61 Å². The molecule has 1 aromatic carbocycles. The Hall–Kier alpha value is -2.04. The van der Waals surface area contributed by atoms with Crippen LogP contribution in [0.3, 0.4) is 0 Å². The van der Waals surface area contributed by atoms with Crippen LogP contribution in [0.25, 0.3) is 0 Å². The van der Waals surface area contributed by atoms with Crippen LogP contribution in [-0.2, 0) is 16.0 Å². The molecule has 1 aliphatic rings. The first kappa shape index (κ1) is 16.3. The van der Waals surface area contributed by atoms with Gasteiger partial charge in [0.25, 0.3) is 5.91 Å². The lowest BCUT2D eigenvalue weighted by Gasteiger charge is -2.35. The number of aryl methyl sites for hydroxylation is 1. The number of ether oxygens (including phenoxy) is 1. The van der Waals surface area contributed by atoms with Gasteiger partial charge in [-0.3, -0.25) is 9.59 Å². The molecule has 0 radical (unpaired) electrons. The lowest BCUT2D eigenvalue weighted by molar-refractivity contribution is -0.133. The van der Waals surface area contributed by atoms with Crippen molar-refractivity contribution in [3.8, 4) is 5.75 Å². The van der Waals surface area contributed by atoms with Gasteiger partial charge in [-0.15, -0.1) is 0 Å². The van der Waals surface area contributed by atoms with Crippen LogP contribution in [0.2, 0.25) is 0 Å². The normalized spacial score (nSPS) is 16.8. The Kier molecular flexibility index (Phi) is 5.41. The van der Waals surface area contributed by atoms with Crippen LogP contribution in [0.1, 0.15) is 44.6 Å². The highest BCUT2D eigenvalue weighted by atomic mass is 16.5. The van der Waals surface area contributed by atoms with Crippen molar-refractivity contribution in [1.82, 2.24) is 5.32 Å². The Balaban J connectivity index is 1.92. The lowest BCUT2D eigenvalue weighted by Crippen LogP contribution is -2.59. The Bertz CT molecular complexity index is 536. The molecule has 0 aliphatic heterocycles. The molecule has 1 aromatic rings. The van der Waals surface area contributed by atoms with Gasteiger partial charge >= 0.3 is 0 Å². The minimum Gasteiger partial charge on any atom is -0.484 e. The van der Waals surface area contributed by atoms with Crippen molar-refractivity contribution >= 4 is 11.8 Å². The van der Waals surface area contributed by atoms with Crippen LogP contribution in [0, 0.1) is 0 Å². The summed E-state index contributed by atoms with van der Waals surface area (Å²) in [6, 6.07) is 7.64. The number of carbonyl (C=O) groups is 2. The van der Waals surface area contributed by atoms with E-state index in [1.165, 1.54) is 0 Å². The third-order valence-corrected chi connectivity index (χ3v) is 4.23. The van der Waals surface area contributed by atoms with Gasteiger partial charge in [-0.05, 0) is 37.0 Å².